The topological polar surface area (TPSA) is 18.5 Å². The molecule has 1 aromatic rings. The maximum absolute atomic E-state index is 5.63. The van der Waals surface area contributed by atoms with Crippen molar-refractivity contribution in [1.82, 2.24) is 0 Å². The standard InChI is InChI=1S/C15H22Br2O2/c1-15(2,3)10-13(17)11-5-6-14(12(16)9-11)19-8-7-18-4/h5-6,9,13H,7-8,10H2,1-4H3. The molecule has 0 saturated heterocycles. The predicted molar refractivity (Wildman–Crippen MR) is 87.3 cm³/mol. The summed E-state index contributed by atoms with van der Waals surface area (Å²) >= 11 is 7.32. The molecule has 0 heterocycles. The Morgan fingerprint density at radius 1 is 1.21 bits per heavy atom. The van der Waals surface area contributed by atoms with Gasteiger partial charge in [0.15, 0.2) is 0 Å². The Bertz CT molecular complexity index is 400. The summed E-state index contributed by atoms with van der Waals surface area (Å²) in [6, 6.07) is 6.23. The summed E-state index contributed by atoms with van der Waals surface area (Å²) in [7, 11) is 1.67. The first-order valence-electron chi connectivity index (χ1n) is 6.39. The molecule has 1 rings (SSSR count). The Labute approximate surface area is 133 Å². The SMILES string of the molecule is COCCOc1ccc(C(Br)CC(C)(C)C)cc1Br. The van der Waals surface area contributed by atoms with Crippen LogP contribution in [0.1, 0.15) is 37.6 Å². The van der Waals surface area contributed by atoms with Gasteiger partial charge in [0.05, 0.1) is 11.1 Å². The van der Waals surface area contributed by atoms with E-state index in [2.05, 4.69) is 64.8 Å². The number of hydrogen-bond donors (Lipinski definition) is 0. The molecule has 0 N–H and O–H groups in total. The van der Waals surface area contributed by atoms with Crippen LogP contribution in [0.4, 0.5) is 0 Å². The van der Waals surface area contributed by atoms with Gasteiger partial charge in [-0.15, -0.1) is 0 Å². The molecule has 4 heteroatoms. The Kier molecular flexibility index (Phi) is 6.84. The molecule has 0 radical (unpaired) electrons. The van der Waals surface area contributed by atoms with E-state index < -0.39 is 0 Å². The molecule has 0 aliphatic rings. The summed E-state index contributed by atoms with van der Waals surface area (Å²) in [6.45, 7) is 7.91. The van der Waals surface area contributed by atoms with E-state index in [4.69, 9.17) is 9.47 Å². The van der Waals surface area contributed by atoms with Crippen molar-refractivity contribution in [2.75, 3.05) is 20.3 Å². The Hall–Kier alpha value is -0.0600. The maximum Gasteiger partial charge on any atom is 0.133 e. The minimum absolute atomic E-state index is 0.300. The summed E-state index contributed by atoms with van der Waals surface area (Å²) in [4.78, 5) is 0.358. The van der Waals surface area contributed by atoms with E-state index in [1.54, 1.807) is 7.11 Å². The maximum atomic E-state index is 5.63. The summed E-state index contributed by atoms with van der Waals surface area (Å²) in [6.07, 6.45) is 1.09. The van der Waals surface area contributed by atoms with Crippen molar-refractivity contribution in [2.45, 2.75) is 32.0 Å². The highest BCUT2D eigenvalue weighted by Gasteiger charge is 2.18. The zero-order valence-corrected chi connectivity index (χ0v) is 15.2. The van der Waals surface area contributed by atoms with E-state index in [9.17, 15) is 0 Å². The highest BCUT2D eigenvalue weighted by Crippen LogP contribution is 2.38. The Morgan fingerprint density at radius 3 is 2.42 bits per heavy atom. The number of ether oxygens (including phenoxy) is 2. The highest BCUT2D eigenvalue weighted by atomic mass is 79.9. The third kappa shape index (κ3) is 6.28. The lowest BCUT2D eigenvalue weighted by molar-refractivity contribution is 0.146. The van der Waals surface area contributed by atoms with Crippen LogP contribution in [-0.4, -0.2) is 20.3 Å². The Morgan fingerprint density at radius 2 is 1.89 bits per heavy atom. The Balaban J connectivity index is 2.70. The van der Waals surface area contributed by atoms with E-state index in [-0.39, 0.29) is 0 Å². The lowest BCUT2D eigenvalue weighted by atomic mass is 9.88. The van der Waals surface area contributed by atoms with Gasteiger partial charge < -0.3 is 9.47 Å². The molecule has 2 nitrogen and oxygen atoms in total. The molecule has 108 valence electrons. The van der Waals surface area contributed by atoms with Crippen LogP contribution in [0.15, 0.2) is 22.7 Å². The molecular formula is C15H22Br2O2. The second kappa shape index (κ2) is 7.65. The van der Waals surface area contributed by atoms with Crippen LogP contribution in [0.25, 0.3) is 0 Å². The van der Waals surface area contributed by atoms with Crippen LogP contribution in [0.2, 0.25) is 0 Å². The van der Waals surface area contributed by atoms with Gasteiger partial charge in [0.2, 0.25) is 0 Å². The molecule has 0 aromatic heterocycles. The fourth-order valence-electron chi connectivity index (χ4n) is 1.72. The number of rotatable bonds is 6. The zero-order chi connectivity index (χ0) is 14.5. The van der Waals surface area contributed by atoms with Crippen molar-refractivity contribution in [1.29, 1.82) is 0 Å². The molecular weight excluding hydrogens is 372 g/mol. The van der Waals surface area contributed by atoms with Crippen molar-refractivity contribution >= 4 is 31.9 Å². The van der Waals surface area contributed by atoms with Crippen LogP contribution in [0.3, 0.4) is 0 Å². The summed E-state index contributed by atoms with van der Waals surface area (Å²) in [5, 5.41) is 0. The van der Waals surface area contributed by atoms with Gasteiger partial charge >= 0.3 is 0 Å². The van der Waals surface area contributed by atoms with Crippen molar-refractivity contribution in [3.05, 3.63) is 28.2 Å². The highest BCUT2D eigenvalue weighted by molar-refractivity contribution is 9.10. The monoisotopic (exact) mass is 392 g/mol. The molecule has 0 bridgehead atoms. The lowest BCUT2D eigenvalue weighted by Crippen LogP contribution is -2.08. The van der Waals surface area contributed by atoms with Crippen LogP contribution in [0, 0.1) is 5.41 Å². The minimum atomic E-state index is 0.300. The molecule has 19 heavy (non-hydrogen) atoms. The average Bonchev–Trinajstić information content (AvgIpc) is 2.29. The number of alkyl halides is 1. The van der Waals surface area contributed by atoms with E-state index in [0.717, 1.165) is 16.6 Å². The molecule has 0 fully saturated rings. The third-order valence-corrected chi connectivity index (χ3v) is 4.13. The molecule has 0 amide bonds. The minimum Gasteiger partial charge on any atom is -0.490 e. The van der Waals surface area contributed by atoms with Crippen molar-refractivity contribution < 1.29 is 9.47 Å². The molecule has 0 spiro atoms. The fraction of sp³-hybridized carbons (Fsp3) is 0.600. The van der Waals surface area contributed by atoms with Gasteiger partial charge in [-0.05, 0) is 45.5 Å². The van der Waals surface area contributed by atoms with Crippen molar-refractivity contribution in [2.24, 2.45) is 5.41 Å². The largest absolute Gasteiger partial charge is 0.490 e. The van der Waals surface area contributed by atoms with Gasteiger partial charge in [-0.2, -0.15) is 0 Å². The number of halogens is 2. The quantitative estimate of drug-likeness (QED) is 0.479. The average molecular weight is 394 g/mol. The zero-order valence-electron chi connectivity index (χ0n) is 12.0. The van der Waals surface area contributed by atoms with Gasteiger partial charge in [0, 0.05) is 11.9 Å². The molecule has 1 aromatic carbocycles. The predicted octanol–water partition coefficient (Wildman–Crippen LogP) is 5.35. The van der Waals surface area contributed by atoms with Gasteiger partial charge in [-0.1, -0.05) is 42.8 Å². The van der Waals surface area contributed by atoms with E-state index in [0.29, 0.717) is 23.5 Å². The third-order valence-electron chi connectivity index (χ3n) is 2.65. The molecule has 1 unspecified atom stereocenters. The van der Waals surface area contributed by atoms with Crippen molar-refractivity contribution in [3.8, 4) is 5.75 Å². The number of benzene rings is 1. The normalized spacial score (nSPS) is 13.4. The van der Waals surface area contributed by atoms with E-state index >= 15 is 0 Å². The van der Waals surface area contributed by atoms with E-state index in [1.165, 1.54) is 5.56 Å². The van der Waals surface area contributed by atoms with Gasteiger partial charge in [0.1, 0.15) is 12.4 Å². The number of hydrogen-bond acceptors (Lipinski definition) is 2. The molecule has 1 atom stereocenters. The summed E-state index contributed by atoms with van der Waals surface area (Å²) in [5.41, 5.74) is 1.56. The van der Waals surface area contributed by atoms with Crippen LogP contribution < -0.4 is 4.74 Å². The lowest BCUT2D eigenvalue weighted by Gasteiger charge is -2.22. The van der Waals surface area contributed by atoms with Crippen LogP contribution in [0.5, 0.6) is 5.75 Å². The van der Waals surface area contributed by atoms with Crippen LogP contribution >= 0.6 is 31.9 Å². The fourth-order valence-corrected chi connectivity index (χ4v) is 3.49. The first-order chi connectivity index (χ1) is 8.83. The second-order valence-electron chi connectivity index (χ2n) is 5.76. The molecule has 0 aliphatic carbocycles. The van der Waals surface area contributed by atoms with Gasteiger partial charge in [0.25, 0.3) is 0 Å². The first-order valence-corrected chi connectivity index (χ1v) is 8.09. The first kappa shape index (κ1) is 17.0. The summed E-state index contributed by atoms with van der Waals surface area (Å²) < 4.78 is 11.6. The number of methoxy groups -OCH3 is 1. The molecule has 0 saturated carbocycles. The summed E-state index contributed by atoms with van der Waals surface area (Å²) in [5.74, 6) is 0.858. The second-order valence-corrected chi connectivity index (χ2v) is 7.72. The van der Waals surface area contributed by atoms with Gasteiger partial charge in [-0.25, -0.2) is 0 Å². The molecule has 0 aliphatic heterocycles. The van der Waals surface area contributed by atoms with Gasteiger partial charge in [-0.3, -0.25) is 0 Å². The smallest absolute Gasteiger partial charge is 0.133 e. The van der Waals surface area contributed by atoms with E-state index in [1.807, 2.05) is 6.07 Å². The van der Waals surface area contributed by atoms with Crippen molar-refractivity contribution in [3.63, 3.8) is 0 Å². The van der Waals surface area contributed by atoms with Crippen LogP contribution in [-0.2, 0) is 4.74 Å².